The van der Waals surface area contributed by atoms with Gasteiger partial charge in [-0.1, -0.05) is 12.1 Å². The van der Waals surface area contributed by atoms with Gasteiger partial charge in [0, 0.05) is 17.3 Å². The van der Waals surface area contributed by atoms with Gasteiger partial charge in [0.25, 0.3) is 5.91 Å². The number of carbonyl (C=O) groups is 1. The highest BCUT2D eigenvalue weighted by molar-refractivity contribution is 6.09. The van der Waals surface area contributed by atoms with Crippen LogP contribution in [0.1, 0.15) is 5.56 Å². The molecule has 7 heteroatoms. The van der Waals surface area contributed by atoms with Gasteiger partial charge >= 0.3 is 0 Å². The minimum absolute atomic E-state index is 0.195. The summed E-state index contributed by atoms with van der Waals surface area (Å²) in [6.45, 7) is 0. The standard InChI is InChI=1S/C18H14F2N2O3/c1-24-15-7-6-13(9-16(15)25-2)22-18(23)12(10-21)8-11-4-3-5-14(19)17(11)20/h3-9H,1-2H3,(H,22,23)/b12-8-. The van der Waals surface area contributed by atoms with E-state index in [2.05, 4.69) is 5.32 Å². The first kappa shape index (κ1) is 17.9. The van der Waals surface area contributed by atoms with Crippen LogP contribution in [0, 0.1) is 23.0 Å². The zero-order valence-corrected chi connectivity index (χ0v) is 13.5. The fourth-order valence-electron chi connectivity index (χ4n) is 2.05. The first-order valence-corrected chi connectivity index (χ1v) is 7.09. The quantitative estimate of drug-likeness (QED) is 0.665. The van der Waals surface area contributed by atoms with Crippen LogP contribution < -0.4 is 14.8 Å². The summed E-state index contributed by atoms with van der Waals surface area (Å²) in [5.74, 6) is -2.10. The maximum Gasteiger partial charge on any atom is 0.266 e. The van der Waals surface area contributed by atoms with Crippen LogP contribution in [0.25, 0.3) is 6.08 Å². The number of benzene rings is 2. The molecule has 0 heterocycles. The summed E-state index contributed by atoms with van der Waals surface area (Å²) in [7, 11) is 2.91. The fraction of sp³-hybridized carbons (Fsp3) is 0.111. The molecule has 0 spiro atoms. The van der Waals surface area contributed by atoms with Gasteiger partial charge in [0.1, 0.15) is 11.6 Å². The highest BCUT2D eigenvalue weighted by atomic mass is 19.2. The van der Waals surface area contributed by atoms with E-state index in [1.807, 2.05) is 0 Å². The van der Waals surface area contributed by atoms with E-state index in [9.17, 15) is 13.6 Å². The Kier molecular flexibility index (Phi) is 5.69. The van der Waals surface area contributed by atoms with Crippen LogP contribution >= 0.6 is 0 Å². The number of amides is 1. The van der Waals surface area contributed by atoms with Crippen molar-refractivity contribution in [3.05, 3.63) is 59.2 Å². The Morgan fingerprint density at radius 1 is 1.16 bits per heavy atom. The average molecular weight is 344 g/mol. The number of methoxy groups -OCH3 is 2. The first-order valence-electron chi connectivity index (χ1n) is 7.09. The zero-order chi connectivity index (χ0) is 18.4. The van der Waals surface area contributed by atoms with Gasteiger partial charge in [0.05, 0.1) is 14.2 Å². The lowest BCUT2D eigenvalue weighted by atomic mass is 10.1. The van der Waals surface area contributed by atoms with Gasteiger partial charge in [0.15, 0.2) is 23.1 Å². The molecule has 25 heavy (non-hydrogen) atoms. The Bertz CT molecular complexity index is 873. The molecular formula is C18H14F2N2O3. The molecule has 0 saturated heterocycles. The summed E-state index contributed by atoms with van der Waals surface area (Å²) in [4.78, 5) is 12.2. The predicted octanol–water partition coefficient (Wildman–Crippen LogP) is 3.53. The van der Waals surface area contributed by atoms with Crippen LogP contribution in [0.4, 0.5) is 14.5 Å². The summed E-state index contributed by atoms with van der Waals surface area (Å²) in [6, 6.07) is 9.81. The summed E-state index contributed by atoms with van der Waals surface area (Å²) in [6.07, 6.45) is 0.981. The highest BCUT2D eigenvalue weighted by Crippen LogP contribution is 2.30. The van der Waals surface area contributed by atoms with Crippen molar-refractivity contribution in [1.29, 1.82) is 5.26 Å². The molecule has 0 radical (unpaired) electrons. The molecule has 0 saturated carbocycles. The maximum atomic E-state index is 13.7. The Labute approximate surface area is 143 Å². The zero-order valence-electron chi connectivity index (χ0n) is 13.5. The molecular weight excluding hydrogens is 330 g/mol. The van der Waals surface area contributed by atoms with Gasteiger partial charge < -0.3 is 14.8 Å². The van der Waals surface area contributed by atoms with E-state index >= 15 is 0 Å². The minimum Gasteiger partial charge on any atom is -0.493 e. The van der Waals surface area contributed by atoms with Gasteiger partial charge in [0.2, 0.25) is 0 Å². The van der Waals surface area contributed by atoms with Crippen molar-refractivity contribution < 1.29 is 23.0 Å². The van der Waals surface area contributed by atoms with Crippen LogP contribution in [0.2, 0.25) is 0 Å². The normalized spacial score (nSPS) is 10.8. The van der Waals surface area contributed by atoms with E-state index in [1.54, 1.807) is 18.2 Å². The van der Waals surface area contributed by atoms with E-state index in [4.69, 9.17) is 14.7 Å². The third-order valence-electron chi connectivity index (χ3n) is 3.29. The van der Waals surface area contributed by atoms with Crippen molar-refractivity contribution in [1.82, 2.24) is 0 Å². The number of anilines is 1. The van der Waals surface area contributed by atoms with E-state index in [1.165, 1.54) is 32.4 Å². The lowest BCUT2D eigenvalue weighted by molar-refractivity contribution is -0.112. The molecule has 0 aliphatic rings. The molecule has 1 N–H and O–H groups in total. The van der Waals surface area contributed by atoms with Crippen LogP contribution in [0.5, 0.6) is 11.5 Å². The van der Waals surface area contributed by atoms with Crippen molar-refractivity contribution in [2.75, 3.05) is 19.5 Å². The number of halogens is 2. The molecule has 0 aromatic heterocycles. The summed E-state index contributed by atoms with van der Waals surface area (Å²) >= 11 is 0. The molecule has 2 aromatic carbocycles. The Morgan fingerprint density at radius 2 is 1.88 bits per heavy atom. The number of nitriles is 1. The van der Waals surface area contributed by atoms with Crippen molar-refractivity contribution in [2.45, 2.75) is 0 Å². The van der Waals surface area contributed by atoms with Gasteiger partial charge in [-0.05, 0) is 24.3 Å². The van der Waals surface area contributed by atoms with Crippen LogP contribution in [0.15, 0.2) is 42.0 Å². The van der Waals surface area contributed by atoms with Crippen LogP contribution in [-0.4, -0.2) is 20.1 Å². The van der Waals surface area contributed by atoms with Crippen molar-refractivity contribution in [2.24, 2.45) is 0 Å². The Morgan fingerprint density at radius 3 is 2.52 bits per heavy atom. The molecule has 0 atom stereocenters. The number of rotatable bonds is 5. The molecule has 5 nitrogen and oxygen atoms in total. The second-order valence-corrected chi connectivity index (χ2v) is 4.84. The predicted molar refractivity (Wildman–Crippen MR) is 88.1 cm³/mol. The molecule has 128 valence electrons. The highest BCUT2D eigenvalue weighted by Gasteiger charge is 2.14. The van der Waals surface area contributed by atoms with Crippen LogP contribution in [0.3, 0.4) is 0 Å². The van der Waals surface area contributed by atoms with E-state index in [-0.39, 0.29) is 11.1 Å². The smallest absolute Gasteiger partial charge is 0.266 e. The van der Waals surface area contributed by atoms with Gasteiger partial charge in [-0.25, -0.2) is 8.78 Å². The second kappa shape index (κ2) is 7.93. The number of nitrogens with one attached hydrogen (secondary N) is 1. The van der Waals surface area contributed by atoms with Crippen molar-refractivity contribution >= 4 is 17.7 Å². The molecule has 0 aliphatic carbocycles. The first-order chi connectivity index (χ1) is 12.0. The van der Waals surface area contributed by atoms with Gasteiger partial charge in [-0.2, -0.15) is 5.26 Å². The Balaban J connectivity index is 2.28. The molecule has 1 amide bonds. The van der Waals surface area contributed by atoms with Crippen molar-refractivity contribution in [3.8, 4) is 17.6 Å². The largest absolute Gasteiger partial charge is 0.493 e. The van der Waals surface area contributed by atoms with Gasteiger partial charge in [-0.3, -0.25) is 4.79 Å². The monoisotopic (exact) mass is 344 g/mol. The molecule has 0 fully saturated rings. The second-order valence-electron chi connectivity index (χ2n) is 4.84. The average Bonchev–Trinajstić information content (AvgIpc) is 2.62. The topological polar surface area (TPSA) is 71.3 Å². The van der Waals surface area contributed by atoms with Gasteiger partial charge in [-0.15, -0.1) is 0 Å². The van der Waals surface area contributed by atoms with Crippen LogP contribution in [-0.2, 0) is 4.79 Å². The number of nitrogens with zero attached hydrogens (tertiary/aromatic N) is 1. The fourth-order valence-corrected chi connectivity index (χ4v) is 2.05. The molecule has 2 aromatic rings. The number of hydrogen-bond donors (Lipinski definition) is 1. The molecule has 0 unspecified atom stereocenters. The number of ether oxygens (including phenoxy) is 2. The third-order valence-corrected chi connectivity index (χ3v) is 3.29. The lowest BCUT2D eigenvalue weighted by Gasteiger charge is -2.10. The number of hydrogen-bond acceptors (Lipinski definition) is 4. The molecule has 0 aliphatic heterocycles. The van der Waals surface area contributed by atoms with E-state index in [0.717, 1.165) is 12.1 Å². The Hall–Kier alpha value is -3.40. The number of carbonyl (C=O) groups excluding carboxylic acids is 1. The van der Waals surface area contributed by atoms with E-state index < -0.39 is 17.5 Å². The third kappa shape index (κ3) is 4.12. The maximum absolute atomic E-state index is 13.7. The van der Waals surface area contributed by atoms with E-state index in [0.29, 0.717) is 17.2 Å². The minimum atomic E-state index is -1.13. The summed E-state index contributed by atoms with van der Waals surface area (Å²) in [5, 5.41) is 11.6. The SMILES string of the molecule is COc1ccc(NC(=O)/C(C#N)=C\c2cccc(F)c2F)cc1OC. The molecule has 0 bridgehead atoms. The van der Waals surface area contributed by atoms with Crippen molar-refractivity contribution in [3.63, 3.8) is 0 Å². The lowest BCUT2D eigenvalue weighted by Crippen LogP contribution is -2.13. The summed E-state index contributed by atoms with van der Waals surface area (Å²) in [5.41, 5.74) is -0.221. The molecule has 2 rings (SSSR count). The summed E-state index contributed by atoms with van der Waals surface area (Å²) < 4.78 is 37.1.